The maximum Gasteiger partial charge on any atom is 0.161 e. The standard InChI is InChI=1S/C14H20BrNO3/c1-18-13-6-10(12(15)7-14(13)19-2)8-16-5-3-4-11(17)9-16/h6-7,11,17H,3-5,8-9H2,1-2H3/p+1/t11-/m0/s1. The van der Waals surface area contributed by atoms with E-state index in [2.05, 4.69) is 15.9 Å². The van der Waals surface area contributed by atoms with Gasteiger partial charge in [0.25, 0.3) is 0 Å². The van der Waals surface area contributed by atoms with Crippen LogP contribution in [0.15, 0.2) is 16.6 Å². The van der Waals surface area contributed by atoms with E-state index in [1.54, 1.807) is 14.2 Å². The maximum atomic E-state index is 9.73. The molecule has 106 valence electrons. The third-order valence-electron chi connectivity index (χ3n) is 3.59. The monoisotopic (exact) mass is 330 g/mol. The number of quaternary nitrogens is 1. The molecule has 0 amide bonds. The van der Waals surface area contributed by atoms with Crippen LogP contribution in [0.3, 0.4) is 0 Å². The summed E-state index contributed by atoms with van der Waals surface area (Å²) in [5.74, 6) is 1.48. The number of likely N-dealkylation sites (tertiary alicyclic amines) is 1. The van der Waals surface area contributed by atoms with Gasteiger partial charge in [-0.1, -0.05) is 15.9 Å². The molecule has 0 spiro atoms. The fourth-order valence-electron chi connectivity index (χ4n) is 2.59. The number of aliphatic hydroxyl groups is 1. The van der Waals surface area contributed by atoms with E-state index in [-0.39, 0.29) is 6.10 Å². The molecule has 1 aromatic carbocycles. The van der Waals surface area contributed by atoms with Crippen molar-refractivity contribution < 1.29 is 19.5 Å². The fourth-order valence-corrected chi connectivity index (χ4v) is 3.05. The van der Waals surface area contributed by atoms with Crippen molar-refractivity contribution in [2.45, 2.75) is 25.5 Å². The van der Waals surface area contributed by atoms with Crippen LogP contribution >= 0.6 is 15.9 Å². The van der Waals surface area contributed by atoms with Crippen molar-refractivity contribution in [2.75, 3.05) is 27.3 Å². The van der Waals surface area contributed by atoms with E-state index in [4.69, 9.17) is 9.47 Å². The molecule has 1 aliphatic rings. The molecule has 5 heteroatoms. The molecule has 1 unspecified atom stereocenters. The van der Waals surface area contributed by atoms with E-state index in [1.165, 1.54) is 10.5 Å². The second-order valence-electron chi connectivity index (χ2n) is 4.98. The Balaban J connectivity index is 2.15. The first-order valence-corrected chi connectivity index (χ1v) is 7.35. The van der Waals surface area contributed by atoms with Crippen LogP contribution in [0.5, 0.6) is 11.5 Å². The van der Waals surface area contributed by atoms with Gasteiger partial charge in [-0.05, 0) is 25.0 Å². The molecule has 2 N–H and O–H groups in total. The zero-order valence-corrected chi connectivity index (χ0v) is 13.0. The van der Waals surface area contributed by atoms with E-state index in [1.807, 2.05) is 12.1 Å². The highest BCUT2D eigenvalue weighted by atomic mass is 79.9. The molecule has 0 aromatic heterocycles. The summed E-state index contributed by atoms with van der Waals surface area (Å²) in [6, 6.07) is 3.95. The number of hydrogen-bond acceptors (Lipinski definition) is 3. The van der Waals surface area contributed by atoms with Crippen molar-refractivity contribution in [2.24, 2.45) is 0 Å². The van der Waals surface area contributed by atoms with Crippen molar-refractivity contribution >= 4 is 15.9 Å². The van der Waals surface area contributed by atoms with Crippen molar-refractivity contribution in [3.63, 3.8) is 0 Å². The van der Waals surface area contributed by atoms with Gasteiger partial charge in [0.05, 0.1) is 20.8 Å². The molecule has 1 aliphatic heterocycles. The van der Waals surface area contributed by atoms with Gasteiger partial charge < -0.3 is 19.5 Å². The quantitative estimate of drug-likeness (QED) is 0.865. The Labute approximate surface area is 122 Å². The number of aliphatic hydroxyl groups excluding tert-OH is 1. The van der Waals surface area contributed by atoms with E-state index in [0.717, 1.165) is 48.4 Å². The number of ether oxygens (including phenoxy) is 2. The second-order valence-corrected chi connectivity index (χ2v) is 5.83. The van der Waals surface area contributed by atoms with Gasteiger partial charge in [0, 0.05) is 10.0 Å². The van der Waals surface area contributed by atoms with Gasteiger partial charge in [-0.25, -0.2) is 0 Å². The highest BCUT2D eigenvalue weighted by Gasteiger charge is 2.22. The van der Waals surface area contributed by atoms with E-state index in [0.29, 0.717) is 0 Å². The van der Waals surface area contributed by atoms with Crippen molar-refractivity contribution in [3.8, 4) is 11.5 Å². The van der Waals surface area contributed by atoms with Crippen LogP contribution in [-0.2, 0) is 6.54 Å². The van der Waals surface area contributed by atoms with Crippen LogP contribution in [0.1, 0.15) is 18.4 Å². The number of nitrogens with one attached hydrogen (secondary N) is 1. The Morgan fingerprint density at radius 1 is 1.32 bits per heavy atom. The number of methoxy groups -OCH3 is 2. The van der Waals surface area contributed by atoms with Crippen LogP contribution in [0, 0.1) is 0 Å². The van der Waals surface area contributed by atoms with E-state index in [9.17, 15) is 5.11 Å². The highest BCUT2D eigenvalue weighted by Crippen LogP contribution is 2.32. The molecule has 1 fully saturated rings. The lowest BCUT2D eigenvalue weighted by Crippen LogP contribution is -3.12. The summed E-state index contributed by atoms with van der Waals surface area (Å²) in [5.41, 5.74) is 1.18. The molecular formula is C14H21BrNO3+. The van der Waals surface area contributed by atoms with Gasteiger partial charge >= 0.3 is 0 Å². The van der Waals surface area contributed by atoms with Crippen LogP contribution < -0.4 is 14.4 Å². The second kappa shape index (κ2) is 6.59. The number of rotatable bonds is 4. The Morgan fingerprint density at radius 2 is 2.00 bits per heavy atom. The Kier molecular flexibility index (Phi) is 5.07. The molecule has 2 atom stereocenters. The third-order valence-corrected chi connectivity index (χ3v) is 4.32. The maximum absolute atomic E-state index is 9.73. The van der Waals surface area contributed by atoms with Crippen molar-refractivity contribution in [3.05, 3.63) is 22.2 Å². The summed E-state index contributed by atoms with van der Waals surface area (Å²) in [6.07, 6.45) is 1.85. The molecule has 0 bridgehead atoms. The summed E-state index contributed by atoms with van der Waals surface area (Å²) in [7, 11) is 3.28. The minimum atomic E-state index is -0.164. The van der Waals surface area contributed by atoms with Crippen LogP contribution in [-0.4, -0.2) is 38.5 Å². The average molecular weight is 331 g/mol. The molecule has 0 radical (unpaired) electrons. The Bertz CT molecular complexity index is 439. The predicted octanol–water partition coefficient (Wildman–Crippen LogP) is 1.01. The molecule has 0 saturated carbocycles. The number of halogens is 1. The lowest BCUT2D eigenvalue weighted by atomic mass is 10.1. The molecule has 1 saturated heterocycles. The first kappa shape index (κ1) is 14.6. The number of benzene rings is 1. The molecule has 4 nitrogen and oxygen atoms in total. The van der Waals surface area contributed by atoms with Crippen LogP contribution in [0.4, 0.5) is 0 Å². The molecule has 2 rings (SSSR count). The SMILES string of the molecule is COc1cc(Br)c(C[NH+]2CCC[C@H](O)C2)cc1OC. The van der Waals surface area contributed by atoms with Gasteiger partial charge in [-0.3, -0.25) is 0 Å². The first-order chi connectivity index (χ1) is 9.13. The third kappa shape index (κ3) is 3.61. The zero-order valence-electron chi connectivity index (χ0n) is 11.4. The number of hydrogen-bond donors (Lipinski definition) is 2. The summed E-state index contributed by atoms with van der Waals surface area (Å²) in [4.78, 5) is 1.41. The van der Waals surface area contributed by atoms with Crippen LogP contribution in [0.2, 0.25) is 0 Å². The minimum Gasteiger partial charge on any atom is -0.493 e. The van der Waals surface area contributed by atoms with E-state index >= 15 is 0 Å². The van der Waals surface area contributed by atoms with Gasteiger partial charge in [-0.2, -0.15) is 0 Å². The average Bonchev–Trinajstić information content (AvgIpc) is 2.40. The molecule has 1 heterocycles. The normalized spacial score (nSPS) is 23.2. The van der Waals surface area contributed by atoms with Gasteiger partial charge in [0.1, 0.15) is 19.2 Å². The Morgan fingerprint density at radius 3 is 2.63 bits per heavy atom. The molecule has 0 aliphatic carbocycles. The Hall–Kier alpha value is -0.780. The summed E-state index contributed by atoms with van der Waals surface area (Å²) < 4.78 is 11.6. The highest BCUT2D eigenvalue weighted by molar-refractivity contribution is 9.10. The lowest BCUT2D eigenvalue weighted by Gasteiger charge is -2.27. The van der Waals surface area contributed by atoms with Crippen LogP contribution in [0.25, 0.3) is 0 Å². The van der Waals surface area contributed by atoms with Gasteiger partial charge in [0.15, 0.2) is 11.5 Å². The molecular weight excluding hydrogens is 310 g/mol. The minimum absolute atomic E-state index is 0.164. The number of piperidine rings is 1. The molecule has 1 aromatic rings. The lowest BCUT2D eigenvalue weighted by molar-refractivity contribution is -0.922. The van der Waals surface area contributed by atoms with E-state index < -0.39 is 0 Å². The van der Waals surface area contributed by atoms with Gasteiger partial charge in [-0.15, -0.1) is 0 Å². The molecule has 19 heavy (non-hydrogen) atoms. The fraction of sp³-hybridized carbons (Fsp3) is 0.571. The predicted molar refractivity (Wildman–Crippen MR) is 76.9 cm³/mol. The first-order valence-electron chi connectivity index (χ1n) is 6.56. The largest absolute Gasteiger partial charge is 0.493 e. The van der Waals surface area contributed by atoms with Crippen molar-refractivity contribution in [1.82, 2.24) is 0 Å². The zero-order chi connectivity index (χ0) is 13.8. The van der Waals surface area contributed by atoms with Crippen molar-refractivity contribution in [1.29, 1.82) is 0 Å². The topological polar surface area (TPSA) is 43.1 Å². The summed E-state index contributed by atoms with van der Waals surface area (Å²) in [5, 5.41) is 9.73. The smallest absolute Gasteiger partial charge is 0.161 e. The van der Waals surface area contributed by atoms with Gasteiger partial charge in [0.2, 0.25) is 0 Å². The summed E-state index contributed by atoms with van der Waals surface area (Å²) >= 11 is 3.58. The summed E-state index contributed by atoms with van der Waals surface area (Å²) in [6.45, 7) is 2.82.